The van der Waals surface area contributed by atoms with Crippen LogP contribution in [0.3, 0.4) is 0 Å². The molecule has 2 aromatic rings. The maximum absolute atomic E-state index is 12.9. The lowest BCUT2D eigenvalue weighted by molar-refractivity contribution is -0.116. The maximum Gasteiger partial charge on any atom is 0.245 e. The van der Waals surface area contributed by atoms with E-state index in [1.165, 1.54) is 30.3 Å². The highest BCUT2D eigenvalue weighted by molar-refractivity contribution is 9.10. The molecule has 152 valence electrons. The Kier molecular flexibility index (Phi) is 6.84. The van der Waals surface area contributed by atoms with E-state index in [4.69, 9.17) is 0 Å². The molecule has 0 saturated heterocycles. The zero-order chi connectivity index (χ0) is 21.1. The number of carbonyl (C=O) groups is 1. The second-order valence-electron chi connectivity index (χ2n) is 6.06. The number of rotatable bonds is 7. The molecule has 0 bridgehead atoms. The van der Waals surface area contributed by atoms with Crippen molar-refractivity contribution >= 4 is 53.3 Å². The van der Waals surface area contributed by atoms with Gasteiger partial charge in [0.15, 0.2) is 0 Å². The van der Waals surface area contributed by atoms with Crippen molar-refractivity contribution in [3.05, 3.63) is 58.3 Å². The molecule has 0 unspecified atom stereocenters. The summed E-state index contributed by atoms with van der Waals surface area (Å²) >= 11 is 3.15. The number of anilines is 2. The van der Waals surface area contributed by atoms with Gasteiger partial charge in [0.2, 0.25) is 26.0 Å². The molecule has 1 amide bonds. The van der Waals surface area contributed by atoms with E-state index in [9.17, 15) is 26.0 Å². The number of aryl methyl sites for hydroxylation is 1. The van der Waals surface area contributed by atoms with Gasteiger partial charge in [0.05, 0.1) is 18.2 Å². The van der Waals surface area contributed by atoms with E-state index in [1.54, 1.807) is 12.1 Å². The molecule has 0 radical (unpaired) electrons. The first-order chi connectivity index (χ1) is 12.9. The molecule has 2 rings (SSSR count). The first kappa shape index (κ1) is 22.3. The van der Waals surface area contributed by atoms with Crippen molar-refractivity contribution in [2.24, 2.45) is 0 Å². The molecule has 11 heteroatoms. The molecule has 0 aliphatic rings. The van der Waals surface area contributed by atoms with Crippen LogP contribution >= 0.6 is 15.9 Å². The summed E-state index contributed by atoms with van der Waals surface area (Å²) in [7, 11) is -8.15. The topological polar surface area (TPSA) is 101 Å². The van der Waals surface area contributed by atoms with E-state index in [2.05, 4.69) is 21.2 Å². The molecule has 0 aromatic heterocycles. The van der Waals surface area contributed by atoms with Gasteiger partial charge in [0.1, 0.15) is 5.82 Å². The van der Waals surface area contributed by atoms with Gasteiger partial charge < -0.3 is 5.32 Å². The number of sulfonamides is 2. The number of hydrogen-bond acceptors (Lipinski definition) is 5. The van der Waals surface area contributed by atoms with Gasteiger partial charge in [0, 0.05) is 16.6 Å². The van der Waals surface area contributed by atoms with E-state index in [0.717, 1.165) is 18.1 Å². The summed E-state index contributed by atoms with van der Waals surface area (Å²) in [6.07, 6.45) is 2.14. The van der Waals surface area contributed by atoms with Crippen LogP contribution in [0.1, 0.15) is 12.0 Å². The van der Waals surface area contributed by atoms with Gasteiger partial charge in [-0.15, -0.1) is 0 Å². The van der Waals surface area contributed by atoms with Crippen molar-refractivity contribution in [2.45, 2.75) is 12.8 Å². The van der Waals surface area contributed by atoms with Gasteiger partial charge in [-0.25, -0.2) is 21.2 Å². The lowest BCUT2D eigenvalue weighted by atomic mass is 10.1. The van der Waals surface area contributed by atoms with Gasteiger partial charge in [-0.3, -0.25) is 4.79 Å². The number of nitrogens with one attached hydrogen (secondary N) is 1. The quantitative estimate of drug-likeness (QED) is 0.640. The summed E-state index contributed by atoms with van der Waals surface area (Å²) in [5, 5.41) is 2.65. The molecule has 2 aromatic carbocycles. The number of halogens is 2. The zero-order valence-corrected chi connectivity index (χ0v) is 18.2. The minimum Gasteiger partial charge on any atom is -0.326 e. The van der Waals surface area contributed by atoms with Crippen molar-refractivity contribution in [1.82, 2.24) is 0 Å². The maximum atomic E-state index is 12.9. The SMILES string of the molecule is CS(=O)(=O)N(c1ccc(NC(=O)CCc2ccc(F)cc2)cc1Br)S(C)(=O)=O. The van der Waals surface area contributed by atoms with Crippen LogP contribution in [-0.4, -0.2) is 35.3 Å². The third-order valence-electron chi connectivity index (χ3n) is 3.58. The van der Waals surface area contributed by atoms with Crippen molar-refractivity contribution in [3.8, 4) is 0 Å². The van der Waals surface area contributed by atoms with Crippen LogP contribution in [0, 0.1) is 5.82 Å². The van der Waals surface area contributed by atoms with Crippen LogP contribution in [0.25, 0.3) is 0 Å². The molecular formula is C17H18BrFN2O5S2. The molecule has 0 aliphatic heterocycles. The van der Waals surface area contributed by atoms with E-state index in [-0.39, 0.29) is 28.3 Å². The normalized spacial score (nSPS) is 11.9. The monoisotopic (exact) mass is 492 g/mol. The third kappa shape index (κ3) is 6.01. The molecule has 1 N–H and O–H groups in total. The largest absolute Gasteiger partial charge is 0.326 e. The Hall–Kier alpha value is -1.98. The van der Waals surface area contributed by atoms with E-state index < -0.39 is 20.0 Å². The Labute approximate surface area is 171 Å². The van der Waals surface area contributed by atoms with Gasteiger partial charge >= 0.3 is 0 Å². The summed E-state index contributed by atoms with van der Waals surface area (Å²) < 4.78 is 60.8. The van der Waals surface area contributed by atoms with Gasteiger partial charge in [-0.1, -0.05) is 12.1 Å². The van der Waals surface area contributed by atoms with Crippen LogP contribution in [0.2, 0.25) is 0 Å². The fourth-order valence-electron chi connectivity index (χ4n) is 2.47. The summed E-state index contributed by atoms with van der Waals surface area (Å²) in [6.45, 7) is 0. The molecule has 0 heterocycles. The standard InChI is InChI=1S/C17H18BrFN2O5S2/c1-27(23,24)21(28(2,25)26)16-9-8-14(11-15(16)18)20-17(22)10-5-12-3-6-13(19)7-4-12/h3-4,6-9,11H,5,10H2,1-2H3,(H,20,22). The zero-order valence-electron chi connectivity index (χ0n) is 15.0. The molecule has 0 spiro atoms. The number of hydrogen-bond donors (Lipinski definition) is 1. The van der Waals surface area contributed by atoms with E-state index in [1.807, 2.05) is 0 Å². The second-order valence-corrected chi connectivity index (χ2v) is 10.8. The van der Waals surface area contributed by atoms with E-state index >= 15 is 0 Å². The fraction of sp³-hybridized carbons (Fsp3) is 0.235. The van der Waals surface area contributed by atoms with Crippen molar-refractivity contribution < 1.29 is 26.0 Å². The molecule has 0 fully saturated rings. The first-order valence-corrected chi connectivity index (χ1v) is 12.4. The van der Waals surface area contributed by atoms with Gasteiger partial charge in [-0.2, -0.15) is 3.71 Å². The smallest absolute Gasteiger partial charge is 0.245 e. The molecule has 7 nitrogen and oxygen atoms in total. The van der Waals surface area contributed by atoms with Crippen molar-refractivity contribution in [1.29, 1.82) is 0 Å². The average molecular weight is 493 g/mol. The van der Waals surface area contributed by atoms with Crippen molar-refractivity contribution in [3.63, 3.8) is 0 Å². The highest BCUT2D eigenvalue weighted by Gasteiger charge is 2.29. The summed E-state index contributed by atoms with van der Waals surface area (Å²) in [5.41, 5.74) is 1.08. The molecule has 0 aliphatic carbocycles. The minimum atomic E-state index is -4.08. The Balaban J connectivity index is 2.13. The minimum absolute atomic E-state index is 0.0886. The van der Waals surface area contributed by atoms with E-state index in [0.29, 0.717) is 15.8 Å². The summed E-state index contributed by atoms with van der Waals surface area (Å²) in [5.74, 6) is -0.651. The van der Waals surface area contributed by atoms with Crippen LogP contribution in [0.4, 0.5) is 15.8 Å². The Morgan fingerprint density at radius 1 is 1.04 bits per heavy atom. The predicted molar refractivity (Wildman–Crippen MR) is 110 cm³/mol. The Morgan fingerprint density at radius 3 is 2.11 bits per heavy atom. The van der Waals surface area contributed by atoms with Crippen molar-refractivity contribution in [2.75, 3.05) is 21.5 Å². The Bertz CT molecular complexity index is 1060. The summed E-state index contributed by atoms with van der Waals surface area (Å²) in [4.78, 5) is 12.1. The predicted octanol–water partition coefficient (Wildman–Crippen LogP) is 2.89. The number of amides is 1. The van der Waals surface area contributed by atoms with Gasteiger partial charge in [0.25, 0.3) is 0 Å². The fourth-order valence-corrected chi connectivity index (χ4v) is 6.26. The average Bonchev–Trinajstić information content (AvgIpc) is 2.54. The lowest BCUT2D eigenvalue weighted by Crippen LogP contribution is -2.35. The van der Waals surface area contributed by atoms with Crippen LogP contribution in [0.5, 0.6) is 0 Å². The molecular weight excluding hydrogens is 475 g/mol. The molecule has 28 heavy (non-hydrogen) atoms. The molecule has 0 saturated carbocycles. The van der Waals surface area contributed by atoms with Gasteiger partial charge in [-0.05, 0) is 58.2 Å². The number of nitrogens with zero attached hydrogens (tertiary/aromatic N) is 1. The van der Waals surface area contributed by atoms with Crippen LogP contribution < -0.4 is 9.03 Å². The third-order valence-corrected chi connectivity index (χ3v) is 7.44. The highest BCUT2D eigenvalue weighted by atomic mass is 79.9. The van der Waals surface area contributed by atoms with Crippen LogP contribution in [0.15, 0.2) is 46.9 Å². The number of benzene rings is 2. The van der Waals surface area contributed by atoms with Crippen LogP contribution in [-0.2, 0) is 31.3 Å². The molecule has 0 atom stereocenters. The number of carbonyl (C=O) groups excluding carboxylic acids is 1. The first-order valence-electron chi connectivity index (χ1n) is 7.92. The summed E-state index contributed by atoms with van der Waals surface area (Å²) in [6, 6.07) is 9.92. The lowest BCUT2D eigenvalue weighted by Gasteiger charge is -2.21. The Morgan fingerprint density at radius 2 is 1.61 bits per heavy atom. The second kappa shape index (κ2) is 8.58. The highest BCUT2D eigenvalue weighted by Crippen LogP contribution is 2.32.